The number of alkyl halides is 3. The zero-order valence-electron chi connectivity index (χ0n) is 25.1. The molecule has 0 spiro atoms. The van der Waals surface area contributed by atoms with E-state index in [1.807, 2.05) is 6.07 Å². The van der Waals surface area contributed by atoms with Gasteiger partial charge in [-0.15, -0.1) is 0 Å². The van der Waals surface area contributed by atoms with Crippen LogP contribution in [0.1, 0.15) is 54.4 Å². The number of hydrazone groups is 1. The van der Waals surface area contributed by atoms with Gasteiger partial charge in [0.2, 0.25) is 0 Å². The highest BCUT2D eigenvalue weighted by molar-refractivity contribution is 6.09. The zero-order chi connectivity index (χ0) is 32.3. The first-order chi connectivity index (χ1) is 22.2. The van der Waals surface area contributed by atoms with Gasteiger partial charge in [0, 0.05) is 55.7 Å². The molecule has 4 aromatic rings. The minimum Gasteiger partial charge on any atom is -0.330 e. The van der Waals surface area contributed by atoms with Crippen molar-refractivity contribution in [2.45, 2.75) is 56.8 Å². The molecule has 2 aromatic heterocycles. The normalized spacial score (nSPS) is 18.1. The lowest BCUT2D eigenvalue weighted by molar-refractivity contribution is -0.201. The minimum absolute atomic E-state index is 0.0373. The van der Waals surface area contributed by atoms with Crippen molar-refractivity contribution in [3.05, 3.63) is 102 Å². The Morgan fingerprint density at radius 3 is 2.48 bits per heavy atom. The van der Waals surface area contributed by atoms with E-state index in [1.54, 1.807) is 59.8 Å². The quantitative estimate of drug-likeness (QED) is 0.216. The van der Waals surface area contributed by atoms with Crippen LogP contribution in [0, 0.1) is 0 Å². The average Bonchev–Trinajstić information content (AvgIpc) is 3.50. The van der Waals surface area contributed by atoms with Crippen molar-refractivity contribution in [3.63, 3.8) is 0 Å². The molecule has 4 heterocycles. The fraction of sp³-hybridized carbons (Fsp3) is 0.324. The number of fused-ring (bicyclic) bond motifs is 2. The van der Waals surface area contributed by atoms with Crippen LogP contribution in [0.15, 0.2) is 84.4 Å². The average molecular weight is 630 g/mol. The van der Waals surface area contributed by atoms with Crippen LogP contribution in [-0.2, 0) is 23.3 Å². The number of hydrogen-bond donors (Lipinski definition) is 2. The van der Waals surface area contributed by atoms with E-state index in [-0.39, 0.29) is 29.2 Å². The molecule has 3 amide bonds. The van der Waals surface area contributed by atoms with Crippen molar-refractivity contribution >= 4 is 34.2 Å². The summed E-state index contributed by atoms with van der Waals surface area (Å²) in [6.07, 6.45) is 2.11. The molecule has 12 heteroatoms. The number of rotatable bonds is 9. The molecule has 0 radical (unpaired) electrons. The standard InChI is InChI=1S/C34H34F3N7O2/c35-34(36,37)33(28-8-5-9-29-27(28)7-6-16-40-29)19-30(42-44(31(33)45)18-4-2-1-3-15-38)23-10-12-26(13-11-23)41-32(46)43-21-24-14-17-39-20-25(24)22-43/h5-14,16-17,20H,1-4,15,18-19,21-22,38H2,(H,41,46). The molecular formula is C34H34F3N7O2. The molecule has 2 aromatic carbocycles. The van der Waals surface area contributed by atoms with Gasteiger partial charge >= 0.3 is 12.2 Å². The molecule has 2 aliphatic heterocycles. The maximum absolute atomic E-state index is 15.5. The predicted octanol–water partition coefficient (Wildman–Crippen LogP) is 6.13. The molecule has 2 aliphatic rings. The summed E-state index contributed by atoms with van der Waals surface area (Å²) < 4.78 is 46.4. The smallest absolute Gasteiger partial charge is 0.330 e. The van der Waals surface area contributed by atoms with Crippen LogP contribution < -0.4 is 11.1 Å². The van der Waals surface area contributed by atoms with E-state index < -0.39 is 23.9 Å². The molecule has 238 valence electrons. The second-order valence-electron chi connectivity index (χ2n) is 11.6. The third-order valence-electron chi connectivity index (χ3n) is 8.67. The Labute approximate surface area is 264 Å². The minimum atomic E-state index is -4.94. The van der Waals surface area contributed by atoms with Crippen molar-refractivity contribution in [2.75, 3.05) is 18.4 Å². The van der Waals surface area contributed by atoms with Crippen LogP contribution in [0.5, 0.6) is 0 Å². The van der Waals surface area contributed by atoms with Gasteiger partial charge in [0.25, 0.3) is 5.91 Å². The molecule has 0 saturated heterocycles. The fourth-order valence-corrected chi connectivity index (χ4v) is 6.22. The number of amides is 3. The van der Waals surface area contributed by atoms with E-state index in [0.29, 0.717) is 49.2 Å². The molecule has 6 rings (SSSR count). The van der Waals surface area contributed by atoms with E-state index in [9.17, 15) is 9.59 Å². The van der Waals surface area contributed by atoms with Gasteiger partial charge in [0.15, 0.2) is 5.41 Å². The lowest BCUT2D eigenvalue weighted by Gasteiger charge is -2.41. The van der Waals surface area contributed by atoms with Crippen molar-refractivity contribution in [1.82, 2.24) is 19.9 Å². The van der Waals surface area contributed by atoms with E-state index >= 15 is 13.2 Å². The molecule has 0 fully saturated rings. The first-order valence-electron chi connectivity index (χ1n) is 15.3. The molecule has 0 aliphatic carbocycles. The second-order valence-corrected chi connectivity index (χ2v) is 11.6. The number of benzene rings is 2. The summed E-state index contributed by atoms with van der Waals surface area (Å²) in [6, 6.07) is 15.7. The van der Waals surface area contributed by atoms with Crippen molar-refractivity contribution in [1.29, 1.82) is 0 Å². The molecule has 9 nitrogen and oxygen atoms in total. The Bertz CT molecular complexity index is 1750. The molecule has 0 bridgehead atoms. The van der Waals surface area contributed by atoms with Crippen molar-refractivity contribution in [3.8, 4) is 0 Å². The van der Waals surface area contributed by atoms with Gasteiger partial charge in [-0.25, -0.2) is 9.80 Å². The lowest BCUT2D eigenvalue weighted by atomic mass is 9.71. The third kappa shape index (κ3) is 5.92. The summed E-state index contributed by atoms with van der Waals surface area (Å²) in [5.41, 5.74) is 5.97. The monoisotopic (exact) mass is 629 g/mol. The highest BCUT2D eigenvalue weighted by atomic mass is 19.4. The Morgan fingerprint density at radius 2 is 1.72 bits per heavy atom. The first-order valence-corrected chi connectivity index (χ1v) is 15.3. The van der Waals surface area contributed by atoms with Crippen molar-refractivity contribution in [2.24, 2.45) is 10.8 Å². The summed E-state index contributed by atoms with van der Waals surface area (Å²) in [6.45, 7) is 1.45. The predicted molar refractivity (Wildman–Crippen MR) is 169 cm³/mol. The Hall–Kier alpha value is -4.84. The number of anilines is 1. The largest absolute Gasteiger partial charge is 0.407 e. The topological polar surface area (TPSA) is 117 Å². The number of unbranched alkanes of at least 4 members (excludes halogenated alkanes) is 3. The molecule has 1 unspecified atom stereocenters. The highest BCUT2D eigenvalue weighted by Crippen LogP contribution is 2.49. The fourth-order valence-electron chi connectivity index (χ4n) is 6.22. The second kappa shape index (κ2) is 12.9. The molecule has 3 N–H and O–H groups in total. The summed E-state index contributed by atoms with van der Waals surface area (Å²) in [5, 5.41) is 8.61. The summed E-state index contributed by atoms with van der Waals surface area (Å²) in [4.78, 5) is 37.0. The number of urea groups is 1. The van der Waals surface area contributed by atoms with E-state index in [0.717, 1.165) is 29.0 Å². The van der Waals surface area contributed by atoms with Gasteiger partial charge < -0.3 is 16.0 Å². The van der Waals surface area contributed by atoms with Gasteiger partial charge in [0.05, 0.1) is 11.2 Å². The molecule has 46 heavy (non-hydrogen) atoms. The maximum Gasteiger partial charge on any atom is 0.407 e. The summed E-state index contributed by atoms with van der Waals surface area (Å²) in [7, 11) is 0. The van der Waals surface area contributed by atoms with E-state index in [2.05, 4.69) is 20.4 Å². The van der Waals surface area contributed by atoms with E-state index in [1.165, 1.54) is 18.3 Å². The number of carbonyl (C=O) groups is 2. The number of aromatic nitrogens is 2. The molecule has 0 saturated carbocycles. The van der Waals surface area contributed by atoms with Gasteiger partial charge in [-0.1, -0.05) is 43.2 Å². The summed E-state index contributed by atoms with van der Waals surface area (Å²) in [5.74, 6) is -1.11. The molecule has 1 atom stereocenters. The number of nitrogens with zero attached hydrogens (tertiary/aromatic N) is 5. The third-order valence-corrected chi connectivity index (χ3v) is 8.67. The van der Waals surface area contributed by atoms with Crippen LogP contribution in [-0.4, -0.2) is 56.8 Å². The number of hydrogen-bond acceptors (Lipinski definition) is 6. The molecular weight excluding hydrogens is 595 g/mol. The van der Waals surface area contributed by atoms with Crippen LogP contribution in [0.25, 0.3) is 10.9 Å². The first kappa shape index (κ1) is 31.2. The SMILES string of the molecule is NCCCCCCN1N=C(c2ccc(NC(=O)N3Cc4ccncc4C3)cc2)CC(c2cccc3ncccc23)(C(F)(F)F)C1=O. The van der Waals surface area contributed by atoms with Crippen LogP contribution >= 0.6 is 0 Å². The number of halogens is 3. The van der Waals surface area contributed by atoms with Crippen LogP contribution in [0.4, 0.5) is 23.7 Å². The Balaban J connectivity index is 1.31. The van der Waals surface area contributed by atoms with Gasteiger partial charge in [-0.2, -0.15) is 18.3 Å². The Kier molecular flexibility index (Phi) is 8.72. The van der Waals surface area contributed by atoms with Crippen molar-refractivity contribution < 1.29 is 22.8 Å². The number of nitrogens with one attached hydrogen (secondary N) is 1. The van der Waals surface area contributed by atoms with Gasteiger partial charge in [-0.3, -0.25) is 14.8 Å². The summed E-state index contributed by atoms with van der Waals surface area (Å²) >= 11 is 0. The van der Waals surface area contributed by atoms with Gasteiger partial charge in [-0.05, 0) is 72.0 Å². The van der Waals surface area contributed by atoms with Crippen LogP contribution in [0.3, 0.4) is 0 Å². The zero-order valence-corrected chi connectivity index (χ0v) is 25.1. The Morgan fingerprint density at radius 1 is 0.935 bits per heavy atom. The number of pyridine rings is 2. The lowest BCUT2D eigenvalue weighted by Crippen LogP contribution is -2.58. The van der Waals surface area contributed by atoms with Crippen LogP contribution in [0.2, 0.25) is 0 Å². The number of carbonyl (C=O) groups excluding carboxylic acids is 2. The highest BCUT2D eigenvalue weighted by Gasteiger charge is 2.65. The van der Waals surface area contributed by atoms with E-state index in [4.69, 9.17) is 5.73 Å². The number of nitrogens with two attached hydrogens (primary N) is 1. The maximum atomic E-state index is 15.5. The van der Waals surface area contributed by atoms with Gasteiger partial charge in [0.1, 0.15) is 0 Å².